The van der Waals surface area contributed by atoms with E-state index in [1.54, 1.807) is 5.56 Å². The van der Waals surface area contributed by atoms with E-state index in [-0.39, 0.29) is 0 Å². The van der Waals surface area contributed by atoms with Crippen LogP contribution in [0.3, 0.4) is 0 Å². The molecule has 15 heavy (non-hydrogen) atoms. The molecule has 1 heteroatoms. The van der Waals surface area contributed by atoms with Gasteiger partial charge in [-0.05, 0) is 56.7 Å². The first-order valence-corrected chi connectivity index (χ1v) is 6.05. The summed E-state index contributed by atoms with van der Waals surface area (Å²) < 4.78 is 0. The molecule has 2 rings (SSSR count). The average molecular weight is 203 g/mol. The smallest absolute Gasteiger partial charge is 0.00388 e. The van der Waals surface area contributed by atoms with Gasteiger partial charge in [-0.2, -0.15) is 0 Å². The number of nitrogens with one attached hydrogen (secondary N) is 1. The Morgan fingerprint density at radius 3 is 2.47 bits per heavy atom. The largest absolute Gasteiger partial charge is 0.317 e. The number of aryl methyl sites for hydroxylation is 1. The summed E-state index contributed by atoms with van der Waals surface area (Å²) in [6, 6.07) is 9.85. The van der Waals surface area contributed by atoms with Crippen LogP contribution in [-0.4, -0.2) is 13.1 Å². The quantitative estimate of drug-likeness (QED) is 0.775. The van der Waals surface area contributed by atoms with Gasteiger partial charge in [-0.1, -0.05) is 24.3 Å². The number of hydrogen-bond donors (Lipinski definition) is 1. The molecule has 1 nitrogen and oxygen atoms in total. The highest BCUT2D eigenvalue weighted by Gasteiger charge is 2.22. The van der Waals surface area contributed by atoms with Crippen molar-refractivity contribution in [1.82, 2.24) is 5.32 Å². The Kier molecular flexibility index (Phi) is 3.42. The van der Waals surface area contributed by atoms with Gasteiger partial charge >= 0.3 is 0 Å². The standard InChI is InChI=1S/C14H21N/c1-11(15-2)3-4-12-5-7-13(8-6-12)14-9-10-14/h5-8,11,14-15H,3-4,9-10H2,1-2H3. The lowest BCUT2D eigenvalue weighted by Crippen LogP contribution is -2.21. The predicted octanol–water partition coefficient (Wildman–Crippen LogP) is 3.10. The summed E-state index contributed by atoms with van der Waals surface area (Å²) in [5.41, 5.74) is 3.02. The molecule has 1 N–H and O–H groups in total. The third-order valence-corrected chi connectivity index (χ3v) is 3.39. The molecule has 0 spiro atoms. The predicted molar refractivity (Wildman–Crippen MR) is 65.3 cm³/mol. The van der Waals surface area contributed by atoms with Crippen molar-refractivity contribution in [3.8, 4) is 0 Å². The van der Waals surface area contributed by atoms with Gasteiger partial charge in [0, 0.05) is 6.04 Å². The molecule has 0 aliphatic heterocycles. The van der Waals surface area contributed by atoms with Crippen molar-refractivity contribution in [1.29, 1.82) is 0 Å². The van der Waals surface area contributed by atoms with Gasteiger partial charge in [-0.25, -0.2) is 0 Å². The molecule has 0 amide bonds. The van der Waals surface area contributed by atoms with E-state index in [0.29, 0.717) is 6.04 Å². The monoisotopic (exact) mass is 203 g/mol. The zero-order chi connectivity index (χ0) is 10.7. The van der Waals surface area contributed by atoms with Gasteiger partial charge in [0.25, 0.3) is 0 Å². The summed E-state index contributed by atoms with van der Waals surface area (Å²) >= 11 is 0. The minimum absolute atomic E-state index is 0.619. The molecule has 1 aliphatic carbocycles. The van der Waals surface area contributed by atoms with Gasteiger partial charge in [-0.3, -0.25) is 0 Å². The summed E-state index contributed by atoms with van der Waals surface area (Å²) in [6.45, 7) is 2.23. The first-order valence-electron chi connectivity index (χ1n) is 6.05. The maximum absolute atomic E-state index is 3.27. The molecule has 1 unspecified atom stereocenters. The summed E-state index contributed by atoms with van der Waals surface area (Å²) in [5.74, 6) is 0.885. The van der Waals surface area contributed by atoms with Crippen LogP contribution >= 0.6 is 0 Å². The van der Waals surface area contributed by atoms with Gasteiger partial charge in [-0.15, -0.1) is 0 Å². The molecular weight excluding hydrogens is 182 g/mol. The second-order valence-corrected chi connectivity index (χ2v) is 4.74. The summed E-state index contributed by atoms with van der Waals surface area (Å²) in [7, 11) is 2.03. The van der Waals surface area contributed by atoms with Gasteiger partial charge < -0.3 is 5.32 Å². The molecule has 1 fully saturated rings. The molecule has 82 valence electrons. The van der Waals surface area contributed by atoms with Gasteiger partial charge in [0.15, 0.2) is 0 Å². The molecule has 0 saturated heterocycles. The number of rotatable bonds is 5. The number of benzene rings is 1. The third kappa shape index (κ3) is 3.07. The summed E-state index contributed by atoms with van der Waals surface area (Å²) in [5, 5.41) is 3.27. The van der Waals surface area contributed by atoms with Crippen molar-refractivity contribution in [2.45, 2.75) is 44.6 Å². The fourth-order valence-electron chi connectivity index (χ4n) is 1.90. The van der Waals surface area contributed by atoms with Crippen LogP contribution in [0.2, 0.25) is 0 Å². The minimum Gasteiger partial charge on any atom is -0.317 e. The lowest BCUT2D eigenvalue weighted by Gasteiger charge is -2.09. The molecule has 0 aromatic heterocycles. The van der Waals surface area contributed by atoms with Gasteiger partial charge in [0.2, 0.25) is 0 Å². The van der Waals surface area contributed by atoms with E-state index in [9.17, 15) is 0 Å². The Bertz CT molecular complexity index is 298. The van der Waals surface area contributed by atoms with E-state index in [1.165, 1.54) is 31.2 Å². The zero-order valence-corrected chi connectivity index (χ0v) is 9.79. The van der Waals surface area contributed by atoms with Crippen molar-refractivity contribution >= 4 is 0 Å². The molecule has 1 saturated carbocycles. The van der Waals surface area contributed by atoms with Crippen LogP contribution in [0.5, 0.6) is 0 Å². The highest BCUT2D eigenvalue weighted by molar-refractivity contribution is 5.28. The molecular formula is C14H21N. The SMILES string of the molecule is CNC(C)CCc1ccc(C2CC2)cc1. The van der Waals surface area contributed by atoms with Gasteiger partial charge in [0.05, 0.1) is 0 Å². The average Bonchev–Trinajstić information content (AvgIpc) is 3.10. The van der Waals surface area contributed by atoms with E-state index < -0.39 is 0 Å². The van der Waals surface area contributed by atoms with Crippen molar-refractivity contribution in [3.63, 3.8) is 0 Å². The molecule has 0 heterocycles. The van der Waals surface area contributed by atoms with E-state index in [2.05, 4.69) is 36.5 Å². The van der Waals surface area contributed by atoms with Crippen LogP contribution in [0.15, 0.2) is 24.3 Å². The van der Waals surface area contributed by atoms with E-state index in [1.807, 2.05) is 7.05 Å². The highest BCUT2D eigenvalue weighted by atomic mass is 14.8. The van der Waals surface area contributed by atoms with Crippen LogP contribution in [0, 0.1) is 0 Å². The maximum atomic E-state index is 3.27. The maximum Gasteiger partial charge on any atom is 0.00388 e. The Morgan fingerprint density at radius 2 is 1.93 bits per heavy atom. The van der Waals surface area contributed by atoms with Crippen LogP contribution in [-0.2, 0) is 6.42 Å². The van der Waals surface area contributed by atoms with Crippen molar-refractivity contribution in [2.24, 2.45) is 0 Å². The van der Waals surface area contributed by atoms with Crippen molar-refractivity contribution < 1.29 is 0 Å². The molecule has 0 radical (unpaired) electrons. The zero-order valence-electron chi connectivity index (χ0n) is 9.79. The fourth-order valence-corrected chi connectivity index (χ4v) is 1.90. The van der Waals surface area contributed by atoms with Gasteiger partial charge in [0.1, 0.15) is 0 Å². The third-order valence-electron chi connectivity index (χ3n) is 3.39. The normalized spacial score (nSPS) is 17.7. The Labute approximate surface area is 92.9 Å². The Balaban J connectivity index is 1.86. The lowest BCUT2D eigenvalue weighted by atomic mass is 10.0. The molecule has 1 aliphatic rings. The first-order chi connectivity index (χ1) is 7.29. The highest BCUT2D eigenvalue weighted by Crippen LogP contribution is 2.39. The fraction of sp³-hybridized carbons (Fsp3) is 0.571. The second-order valence-electron chi connectivity index (χ2n) is 4.74. The Hall–Kier alpha value is -0.820. The molecule has 0 bridgehead atoms. The summed E-state index contributed by atoms with van der Waals surface area (Å²) in [6.07, 6.45) is 5.21. The van der Waals surface area contributed by atoms with Crippen LogP contribution in [0.25, 0.3) is 0 Å². The van der Waals surface area contributed by atoms with E-state index >= 15 is 0 Å². The topological polar surface area (TPSA) is 12.0 Å². The van der Waals surface area contributed by atoms with E-state index in [0.717, 1.165) is 5.92 Å². The van der Waals surface area contributed by atoms with E-state index in [4.69, 9.17) is 0 Å². The van der Waals surface area contributed by atoms with Crippen molar-refractivity contribution in [2.75, 3.05) is 7.05 Å². The van der Waals surface area contributed by atoms with Crippen LogP contribution in [0.4, 0.5) is 0 Å². The summed E-state index contributed by atoms with van der Waals surface area (Å²) in [4.78, 5) is 0. The molecule has 1 atom stereocenters. The lowest BCUT2D eigenvalue weighted by molar-refractivity contribution is 0.565. The molecule has 1 aromatic carbocycles. The number of hydrogen-bond acceptors (Lipinski definition) is 1. The van der Waals surface area contributed by atoms with Crippen molar-refractivity contribution in [3.05, 3.63) is 35.4 Å². The van der Waals surface area contributed by atoms with Crippen LogP contribution < -0.4 is 5.32 Å². The second kappa shape index (κ2) is 4.80. The molecule has 1 aromatic rings. The minimum atomic E-state index is 0.619. The Morgan fingerprint density at radius 1 is 1.27 bits per heavy atom. The first kappa shape index (κ1) is 10.7. The van der Waals surface area contributed by atoms with Crippen LogP contribution in [0.1, 0.15) is 43.2 Å².